The summed E-state index contributed by atoms with van der Waals surface area (Å²) < 4.78 is 10.0. The predicted octanol–water partition coefficient (Wildman–Crippen LogP) is 1.22. The van der Waals surface area contributed by atoms with E-state index in [1.54, 1.807) is 19.9 Å². The van der Waals surface area contributed by atoms with Crippen molar-refractivity contribution in [2.24, 2.45) is 5.73 Å². The molecule has 1 aromatic rings. The molecule has 0 atom stereocenters. The normalized spacial score (nSPS) is 10.1. The lowest BCUT2D eigenvalue weighted by Crippen LogP contribution is -2.04. The second-order valence-corrected chi connectivity index (χ2v) is 2.61. The van der Waals surface area contributed by atoms with Crippen molar-refractivity contribution in [3.63, 3.8) is 0 Å². The van der Waals surface area contributed by atoms with Crippen LogP contribution in [0.3, 0.4) is 0 Å². The first-order valence-corrected chi connectivity index (χ1v) is 4.15. The van der Waals surface area contributed by atoms with Gasteiger partial charge in [-0.25, -0.2) is 4.79 Å². The molecule has 0 amide bonds. The minimum absolute atomic E-state index is 0.292. The molecular formula is C9H13NO3. The molecule has 2 N–H and O–H groups in total. The van der Waals surface area contributed by atoms with Crippen LogP contribution in [0, 0.1) is 6.92 Å². The average Bonchev–Trinajstić information content (AvgIpc) is 2.47. The molecule has 0 aliphatic rings. The molecule has 0 saturated heterocycles. The molecule has 0 aliphatic carbocycles. The zero-order valence-corrected chi connectivity index (χ0v) is 7.79. The number of carbonyl (C=O) groups is 1. The van der Waals surface area contributed by atoms with E-state index in [-0.39, 0.29) is 5.97 Å². The second-order valence-electron chi connectivity index (χ2n) is 2.61. The molecular weight excluding hydrogens is 170 g/mol. The Kier molecular flexibility index (Phi) is 3.08. The van der Waals surface area contributed by atoms with Gasteiger partial charge in [0.2, 0.25) is 0 Å². The van der Waals surface area contributed by atoms with Crippen molar-refractivity contribution in [2.75, 3.05) is 6.61 Å². The largest absolute Gasteiger partial charge is 0.464 e. The van der Waals surface area contributed by atoms with Crippen LogP contribution in [-0.2, 0) is 11.3 Å². The van der Waals surface area contributed by atoms with Crippen LogP contribution in [0.1, 0.15) is 28.8 Å². The SMILES string of the molecule is CCOC(=O)c1cc(CN)oc1C. The van der Waals surface area contributed by atoms with E-state index >= 15 is 0 Å². The van der Waals surface area contributed by atoms with Crippen molar-refractivity contribution in [3.05, 3.63) is 23.2 Å². The van der Waals surface area contributed by atoms with Crippen molar-refractivity contribution >= 4 is 5.97 Å². The van der Waals surface area contributed by atoms with Gasteiger partial charge in [-0.2, -0.15) is 0 Å². The predicted molar refractivity (Wildman–Crippen MR) is 47.3 cm³/mol. The Labute approximate surface area is 76.7 Å². The van der Waals surface area contributed by atoms with Gasteiger partial charge in [-0.1, -0.05) is 0 Å². The van der Waals surface area contributed by atoms with E-state index < -0.39 is 0 Å². The van der Waals surface area contributed by atoms with Crippen LogP contribution in [0.25, 0.3) is 0 Å². The Morgan fingerprint density at radius 1 is 1.69 bits per heavy atom. The molecule has 0 radical (unpaired) electrons. The van der Waals surface area contributed by atoms with E-state index in [4.69, 9.17) is 14.9 Å². The van der Waals surface area contributed by atoms with E-state index in [9.17, 15) is 4.79 Å². The number of ether oxygens (including phenoxy) is 1. The number of esters is 1. The molecule has 0 spiro atoms. The van der Waals surface area contributed by atoms with E-state index in [0.717, 1.165) is 0 Å². The zero-order valence-electron chi connectivity index (χ0n) is 7.79. The summed E-state index contributed by atoms with van der Waals surface area (Å²) >= 11 is 0. The minimum atomic E-state index is -0.358. The maximum atomic E-state index is 11.3. The smallest absolute Gasteiger partial charge is 0.341 e. The Balaban J connectivity index is 2.87. The number of hydrogen-bond donors (Lipinski definition) is 1. The van der Waals surface area contributed by atoms with Gasteiger partial charge in [-0.3, -0.25) is 0 Å². The molecule has 0 bridgehead atoms. The standard InChI is InChI=1S/C9H13NO3/c1-3-12-9(11)8-4-7(5-10)13-6(8)2/h4H,3,5,10H2,1-2H3. The summed E-state index contributed by atoms with van der Waals surface area (Å²) in [4.78, 5) is 11.3. The highest BCUT2D eigenvalue weighted by Gasteiger charge is 2.14. The second kappa shape index (κ2) is 4.09. The molecule has 1 heterocycles. The van der Waals surface area contributed by atoms with Gasteiger partial charge in [0.1, 0.15) is 17.1 Å². The van der Waals surface area contributed by atoms with Crippen molar-refractivity contribution in [3.8, 4) is 0 Å². The molecule has 0 saturated carbocycles. The highest BCUT2D eigenvalue weighted by atomic mass is 16.5. The molecule has 0 aromatic carbocycles. The van der Waals surface area contributed by atoms with Crippen LogP contribution in [0.4, 0.5) is 0 Å². The topological polar surface area (TPSA) is 65.5 Å². The number of aryl methyl sites for hydroxylation is 1. The molecule has 0 fully saturated rings. The molecule has 72 valence electrons. The van der Waals surface area contributed by atoms with Crippen molar-refractivity contribution < 1.29 is 13.9 Å². The summed E-state index contributed by atoms with van der Waals surface area (Å²) in [6.07, 6.45) is 0. The quantitative estimate of drug-likeness (QED) is 0.715. The average molecular weight is 183 g/mol. The van der Waals surface area contributed by atoms with Crippen molar-refractivity contribution in [2.45, 2.75) is 20.4 Å². The summed E-state index contributed by atoms with van der Waals surface area (Å²) in [5, 5.41) is 0. The summed E-state index contributed by atoms with van der Waals surface area (Å²) in [7, 11) is 0. The third-order valence-corrected chi connectivity index (χ3v) is 1.67. The van der Waals surface area contributed by atoms with E-state index in [1.807, 2.05) is 0 Å². The number of carbonyl (C=O) groups excluding carboxylic acids is 1. The lowest BCUT2D eigenvalue weighted by atomic mass is 10.2. The van der Waals surface area contributed by atoms with E-state index in [1.165, 1.54) is 0 Å². The zero-order chi connectivity index (χ0) is 9.84. The monoisotopic (exact) mass is 183 g/mol. The van der Waals surface area contributed by atoms with Gasteiger partial charge >= 0.3 is 5.97 Å². The molecule has 1 rings (SSSR count). The molecule has 4 heteroatoms. The van der Waals surface area contributed by atoms with Crippen LogP contribution in [-0.4, -0.2) is 12.6 Å². The number of furan rings is 1. The van der Waals surface area contributed by atoms with E-state index in [0.29, 0.717) is 30.2 Å². The van der Waals surface area contributed by atoms with Gasteiger partial charge in [0, 0.05) is 0 Å². The fourth-order valence-corrected chi connectivity index (χ4v) is 1.06. The Morgan fingerprint density at radius 2 is 2.38 bits per heavy atom. The fourth-order valence-electron chi connectivity index (χ4n) is 1.06. The Bertz CT molecular complexity index is 304. The van der Waals surface area contributed by atoms with Gasteiger partial charge in [-0.15, -0.1) is 0 Å². The number of hydrogen-bond acceptors (Lipinski definition) is 4. The highest BCUT2D eigenvalue weighted by Crippen LogP contribution is 2.14. The van der Waals surface area contributed by atoms with Gasteiger partial charge in [0.15, 0.2) is 0 Å². The minimum Gasteiger partial charge on any atom is -0.464 e. The van der Waals surface area contributed by atoms with Crippen LogP contribution < -0.4 is 5.73 Å². The van der Waals surface area contributed by atoms with Crippen LogP contribution in [0.15, 0.2) is 10.5 Å². The lowest BCUT2D eigenvalue weighted by Gasteiger charge is -1.97. The first-order chi connectivity index (χ1) is 6.19. The number of rotatable bonds is 3. The Morgan fingerprint density at radius 3 is 2.85 bits per heavy atom. The first-order valence-electron chi connectivity index (χ1n) is 4.15. The molecule has 4 nitrogen and oxygen atoms in total. The summed E-state index contributed by atoms with van der Waals surface area (Å²) in [5.74, 6) is 0.794. The lowest BCUT2D eigenvalue weighted by molar-refractivity contribution is 0.0524. The molecule has 1 aromatic heterocycles. The fraction of sp³-hybridized carbons (Fsp3) is 0.444. The third kappa shape index (κ3) is 2.09. The summed E-state index contributed by atoms with van der Waals surface area (Å²) in [6, 6.07) is 1.62. The number of nitrogens with two attached hydrogens (primary N) is 1. The Hall–Kier alpha value is -1.29. The third-order valence-electron chi connectivity index (χ3n) is 1.67. The highest BCUT2D eigenvalue weighted by molar-refractivity contribution is 5.90. The first kappa shape index (κ1) is 9.80. The van der Waals surface area contributed by atoms with Crippen LogP contribution >= 0.6 is 0 Å². The van der Waals surface area contributed by atoms with Gasteiger partial charge in [0.25, 0.3) is 0 Å². The maximum absolute atomic E-state index is 11.3. The van der Waals surface area contributed by atoms with E-state index in [2.05, 4.69) is 0 Å². The maximum Gasteiger partial charge on any atom is 0.341 e. The van der Waals surface area contributed by atoms with Crippen molar-refractivity contribution in [1.82, 2.24) is 0 Å². The van der Waals surface area contributed by atoms with Crippen molar-refractivity contribution in [1.29, 1.82) is 0 Å². The van der Waals surface area contributed by atoms with Gasteiger partial charge in [0.05, 0.1) is 13.2 Å². The van der Waals surface area contributed by atoms with Crippen LogP contribution in [0.2, 0.25) is 0 Å². The van der Waals surface area contributed by atoms with Gasteiger partial charge in [-0.05, 0) is 19.9 Å². The molecule has 0 aliphatic heterocycles. The molecule has 0 unspecified atom stereocenters. The molecule has 13 heavy (non-hydrogen) atoms. The summed E-state index contributed by atoms with van der Waals surface area (Å²) in [6.45, 7) is 4.13. The van der Waals surface area contributed by atoms with Gasteiger partial charge < -0.3 is 14.9 Å². The van der Waals surface area contributed by atoms with Crippen LogP contribution in [0.5, 0.6) is 0 Å². The summed E-state index contributed by atoms with van der Waals surface area (Å²) in [5.41, 5.74) is 5.82.